The molecule has 41 heavy (non-hydrogen) atoms. The molecule has 0 bridgehead atoms. The summed E-state index contributed by atoms with van der Waals surface area (Å²) in [5.41, 5.74) is 3.41. The highest BCUT2D eigenvalue weighted by molar-refractivity contribution is 7.80. The molecule has 0 saturated carbocycles. The van der Waals surface area contributed by atoms with Crippen LogP contribution in [-0.2, 0) is 22.6 Å². The van der Waals surface area contributed by atoms with E-state index in [2.05, 4.69) is 37.5 Å². The smallest absolute Gasteiger partial charge is 0.262 e. The lowest BCUT2D eigenvalue weighted by atomic mass is 9.97. The predicted molar refractivity (Wildman–Crippen MR) is 165 cm³/mol. The Morgan fingerprint density at radius 1 is 1.00 bits per heavy atom. The predicted octanol–water partition coefficient (Wildman–Crippen LogP) is 6.44. The number of ether oxygens (including phenoxy) is 1. The molecule has 3 N–H and O–H groups in total. The van der Waals surface area contributed by atoms with E-state index in [-0.39, 0.29) is 23.9 Å². The Kier molecular flexibility index (Phi) is 8.73. The SMILES string of the molecule is CC(C)(C)NCc1ccc2c(c1)OCCC2NC(=O)CC(c1ccccc1)N(c1ccc2ccccc2c1)S(=O)O. The minimum Gasteiger partial charge on any atom is -0.493 e. The second-order valence-electron chi connectivity index (χ2n) is 11.5. The molecule has 0 aliphatic carbocycles. The average molecular weight is 572 g/mol. The highest BCUT2D eigenvalue weighted by Crippen LogP contribution is 2.35. The first-order chi connectivity index (χ1) is 19.7. The van der Waals surface area contributed by atoms with Crippen LogP contribution in [0.3, 0.4) is 0 Å². The van der Waals surface area contributed by atoms with Crippen molar-refractivity contribution in [3.05, 3.63) is 108 Å². The van der Waals surface area contributed by atoms with Crippen molar-refractivity contribution in [2.24, 2.45) is 0 Å². The van der Waals surface area contributed by atoms with Crippen molar-refractivity contribution in [2.75, 3.05) is 10.9 Å². The van der Waals surface area contributed by atoms with E-state index in [4.69, 9.17) is 4.74 Å². The van der Waals surface area contributed by atoms with Crippen LogP contribution >= 0.6 is 0 Å². The number of nitrogens with one attached hydrogen (secondary N) is 2. The van der Waals surface area contributed by atoms with Crippen molar-refractivity contribution in [2.45, 2.75) is 57.8 Å². The Balaban J connectivity index is 1.38. The van der Waals surface area contributed by atoms with Crippen LogP contribution in [0.4, 0.5) is 5.69 Å². The summed E-state index contributed by atoms with van der Waals surface area (Å²) in [4.78, 5) is 13.6. The van der Waals surface area contributed by atoms with Gasteiger partial charge in [0.1, 0.15) is 5.75 Å². The summed E-state index contributed by atoms with van der Waals surface area (Å²) in [6.45, 7) is 7.61. The van der Waals surface area contributed by atoms with Crippen molar-refractivity contribution in [3.8, 4) is 5.75 Å². The zero-order valence-corrected chi connectivity index (χ0v) is 24.5. The summed E-state index contributed by atoms with van der Waals surface area (Å²) >= 11 is -2.37. The largest absolute Gasteiger partial charge is 0.493 e. The number of anilines is 1. The fourth-order valence-electron chi connectivity index (χ4n) is 5.19. The molecule has 3 atom stereocenters. The first-order valence-electron chi connectivity index (χ1n) is 13.9. The van der Waals surface area contributed by atoms with Gasteiger partial charge in [0.05, 0.1) is 30.8 Å². The molecule has 0 radical (unpaired) electrons. The number of carbonyl (C=O) groups excluding carboxylic acids is 1. The molecule has 0 spiro atoms. The number of hydrogen-bond acceptors (Lipinski definition) is 4. The summed E-state index contributed by atoms with van der Waals surface area (Å²) in [7, 11) is 0. The van der Waals surface area contributed by atoms with Crippen LogP contribution in [0.1, 0.15) is 62.4 Å². The fourth-order valence-corrected chi connectivity index (χ4v) is 5.90. The van der Waals surface area contributed by atoms with Gasteiger partial charge in [0.15, 0.2) is 0 Å². The van der Waals surface area contributed by atoms with Crippen molar-refractivity contribution in [1.82, 2.24) is 10.6 Å². The van der Waals surface area contributed by atoms with Gasteiger partial charge < -0.3 is 15.4 Å². The number of fused-ring (bicyclic) bond motifs is 2. The number of benzene rings is 4. The molecule has 0 aromatic heterocycles. The second kappa shape index (κ2) is 12.4. The van der Waals surface area contributed by atoms with Gasteiger partial charge >= 0.3 is 0 Å². The summed E-state index contributed by atoms with van der Waals surface area (Å²) in [5, 5.41) is 8.66. The van der Waals surface area contributed by atoms with E-state index in [9.17, 15) is 13.6 Å². The lowest BCUT2D eigenvalue weighted by molar-refractivity contribution is -0.122. The number of rotatable bonds is 9. The number of carbonyl (C=O) groups is 1. The maximum atomic E-state index is 13.6. The van der Waals surface area contributed by atoms with Crippen LogP contribution in [0.5, 0.6) is 5.75 Å². The molecular formula is C33H37N3O4S. The van der Waals surface area contributed by atoms with Gasteiger partial charge in [-0.05, 0) is 60.9 Å². The topological polar surface area (TPSA) is 90.9 Å². The maximum Gasteiger partial charge on any atom is 0.262 e. The molecule has 7 nitrogen and oxygen atoms in total. The third-order valence-electron chi connectivity index (χ3n) is 7.28. The summed E-state index contributed by atoms with van der Waals surface area (Å²) in [6, 6.07) is 28.2. The molecule has 214 valence electrons. The lowest BCUT2D eigenvalue weighted by Gasteiger charge is -2.32. The van der Waals surface area contributed by atoms with Crippen LogP contribution < -0.4 is 19.7 Å². The van der Waals surface area contributed by atoms with Crippen molar-refractivity contribution in [1.29, 1.82) is 0 Å². The average Bonchev–Trinajstić information content (AvgIpc) is 2.95. The van der Waals surface area contributed by atoms with Crippen LogP contribution in [0.15, 0.2) is 91.0 Å². The van der Waals surface area contributed by atoms with E-state index in [0.29, 0.717) is 18.7 Å². The summed E-state index contributed by atoms with van der Waals surface area (Å²) in [6.07, 6.45) is 0.651. The van der Waals surface area contributed by atoms with Gasteiger partial charge in [0.2, 0.25) is 5.91 Å². The standard InChI is InChI=1S/C33H37N3O4S/c1-33(2,3)34-22-23-13-16-28-29(17-18-40-31(28)19-23)35-32(37)21-30(25-10-5-4-6-11-25)36(41(38)39)27-15-14-24-9-7-8-12-26(24)20-27/h4-16,19-20,29-30,34H,17-18,21-22H2,1-3H3,(H,35,37)(H,38,39). The molecule has 4 aromatic rings. The molecule has 3 unspecified atom stereocenters. The van der Waals surface area contributed by atoms with Gasteiger partial charge in [-0.25, -0.2) is 4.21 Å². The molecule has 1 aliphatic rings. The van der Waals surface area contributed by atoms with Crippen LogP contribution in [0.25, 0.3) is 10.8 Å². The van der Waals surface area contributed by atoms with E-state index in [1.807, 2.05) is 84.9 Å². The quantitative estimate of drug-likeness (QED) is 0.201. The Bertz CT molecular complexity index is 1540. The molecular weight excluding hydrogens is 534 g/mol. The second-order valence-corrected chi connectivity index (χ2v) is 12.3. The van der Waals surface area contributed by atoms with E-state index < -0.39 is 17.3 Å². The molecule has 1 aliphatic heterocycles. The monoisotopic (exact) mass is 571 g/mol. The molecule has 0 saturated heterocycles. The first kappa shape index (κ1) is 28.8. The first-order valence-corrected chi connectivity index (χ1v) is 15.0. The Labute approximate surface area is 244 Å². The van der Waals surface area contributed by atoms with Crippen LogP contribution in [0.2, 0.25) is 0 Å². The van der Waals surface area contributed by atoms with Crippen molar-refractivity contribution >= 4 is 33.6 Å². The van der Waals surface area contributed by atoms with Gasteiger partial charge in [-0.15, -0.1) is 0 Å². The van der Waals surface area contributed by atoms with Crippen molar-refractivity contribution in [3.63, 3.8) is 0 Å². The van der Waals surface area contributed by atoms with Gasteiger partial charge in [0, 0.05) is 24.1 Å². The fraction of sp³-hybridized carbons (Fsp3) is 0.303. The third-order valence-corrected chi connectivity index (χ3v) is 8.08. The molecule has 8 heteroatoms. The van der Waals surface area contributed by atoms with E-state index in [1.54, 1.807) is 0 Å². The highest BCUT2D eigenvalue weighted by atomic mass is 32.2. The normalized spacial score (nSPS) is 16.3. The molecule has 5 rings (SSSR count). The molecule has 0 fully saturated rings. The minimum absolute atomic E-state index is 0.00152. The number of hydrogen-bond donors (Lipinski definition) is 3. The minimum atomic E-state index is -2.37. The van der Waals surface area contributed by atoms with Gasteiger partial charge in [0.25, 0.3) is 11.3 Å². The Morgan fingerprint density at radius 3 is 2.46 bits per heavy atom. The van der Waals surface area contributed by atoms with E-state index in [1.165, 1.54) is 4.31 Å². The van der Waals surface area contributed by atoms with Crippen molar-refractivity contribution < 1.29 is 18.3 Å². The zero-order valence-electron chi connectivity index (χ0n) is 23.7. The van der Waals surface area contributed by atoms with Crippen LogP contribution in [-0.4, -0.2) is 26.8 Å². The Morgan fingerprint density at radius 2 is 1.73 bits per heavy atom. The highest BCUT2D eigenvalue weighted by Gasteiger charge is 2.30. The maximum absolute atomic E-state index is 13.6. The Hall–Kier alpha value is -3.72. The third kappa shape index (κ3) is 7.14. The van der Waals surface area contributed by atoms with Gasteiger partial charge in [-0.3, -0.25) is 13.7 Å². The lowest BCUT2D eigenvalue weighted by Crippen LogP contribution is -2.37. The molecule has 4 aromatic carbocycles. The zero-order chi connectivity index (χ0) is 29.0. The van der Waals surface area contributed by atoms with Crippen LogP contribution in [0, 0.1) is 0 Å². The summed E-state index contributed by atoms with van der Waals surface area (Å²) < 4.78 is 30.7. The number of amides is 1. The molecule has 1 heterocycles. The van der Waals surface area contributed by atoms with Gasteiger partial charge in [-0.2, -0.15) is 0 Å². The molecule has 1 amide bonds. The van der Waals surface area contributed by atoms with Gasteiger partial charge in [-0.1, -0.05) is 72.8 Å². The van der Waals surface area contributed by atoms with E-state index in [0.717, 1.165) is 39.8 Å². The number of nitrogens with zero attached hydrogens (tertiary/aromatic N) is 1. The van der Waals surface area contributed by atoms with E-state index >= 15 is 0 Å². The summed E-state index contributed by atoms with van der Waals surface area (Å²) in [5.74, 6) is 0.579.